The van der Waals surface area contributed by atoms with Crippen molar-refractivity contribution in [2.24, 2.45) is 5.10 Å². The van der Waals surface area contributed by atoms with E-state index in [1.165, 1.54) is 18.3 Å². The van der Waals surface area contributed by atoms with Crippen molar-refractivity contribution >= 4 is 27.8 Å². The van der Waals surface area contributed by atoms with Gasteiger partial charge in [0.1, 0.15) is 6.54 Å². The number of amides is 1. The highest BCUT2D eigenvalue weighted by molar-refractivity contribution is 7.92. The quantitative estimate of drug-likeness (QED) is 0.430. The highest BCUT2D eigenvalue weighted by Gasteiger charge is 2.27. The van der Waals surface area contributed by atoms with Crippen molar-refractivity contribution < 1.29 is 13.2 Å². The minimum absolute atomic E-state index is 0.116. The molecule has 0 spiro atoms. The number of carbonyl (C=O) groups excluding carboxylic acids is 1. The molecule has 3 aromatic rings. The third kappa shape index (κ3) is 5.79. The van der Waals surface area contributed by atoms with Gasteiger partial charge >= 0.3 is 0 Å². The number of carbonyl (C=O) groups is 1. The summed E-state index contributed by atoms with van der Waals surface area (Å²) >= 11 is 0. The summed E-state index contributed by atoms with van der Waals surface area (Å²) in [6, 6.07) is 22.9. The number of aryl methyl sites for hydroxylation is 2. The predicted octanol–water partition coefficient (Wildman–Crippen LogP) is 3.90. The van der Waals surface area contributed by atoms with Gasteiger partial charge in [0.25, 0.3) is 15.9 Å². The van der Waals surface area contributed by atoms with E-state index in [4.69, 9.17) is 0 Å². The average Bonchev–Trinajstić information content (AvgIpc) is 2.78. The molecule has 0 aliphatic heterocycles. The van der Waals surface area contributed by atoms with Crippen molar-refractivity contribution in [2.45, 2.75) is 25.2 Å². The van der Waals surface area contributed by atoms with Crippen LogP contribution in [0.5, 0.6) is 0 Å². The summed E-state index contributed by atoms with van der Waals surface area (Å²) in [5.41, 5.74) is 5.83. The van der Waals surface area contributed by atoms with Crippen LogP contribution in [0.4, 0.5) is 5.69 Å². The number of anilines is 1. The zero-order valence-corrected chi connectivity index (χ0v) is 18.3. The highest BCUT2D eigenvalue weighted by atomic mass is 32.2. The molecule has 3 rings (SSSR count). The first-order valence-corrected chi connectivity index (χ1v) is 11.4. The van der Waals surface area contributed by atoms with Gasteiger partial charge in [-0.2, -0.15) is 5.10 Å². The molecule has 0 aliphatic rings. The van der Waals surface area contributed by atoms with E-state index in [0.29, 0.717) is 5.69 Å². The fraction of sp³-hybridized carbons (Fsp3) is 0.167. The SMILES string of the molecule is CCc1ccc(N(CC(=O)N/N=C\c2cccc(C)c2)S(=O)(=O)c2ccccc2)cc1. The highest BCUT2D eigenvalue weighted by Crippen LogP contribution is 2.24. The second-order valence-electron chi connectivity index (χ2n) is 7.05. The number of hydrogen-bond acceptors (Lipinski definition) is 4. The second kappa shape index (κ2) is 10.0. The van der Waals surface area contributed by atoms with E-state index in [0.717, 1.165) is 27.4 Å². The smallest absolute Gasteiger partial charge is 0.264 e. The fourth-order valence-electron chi connectivity index (χ4n) is 3.03. The van der Waals surface area contributed by atoms with Gasteiger partial charge in [-0.3, -0.25) is 9.10 Å². The molecule has 6 nitrogen and oxygen atoms in total. The molecule has 0 saturated carbocycles. The van der Waals surface area contributed by atoms with E-state index in [9.17, 15) is 13.2 Å². The molecule has 0 bridgehead atoms. The van der Waals surface area contributed by atoms with Crippen LogP contribution in [0.2, 0.25) is 0 Å². The average molecular weight is 436 g/mol. The maximum Gasteiger partial charge on any atom is 0.264 e. The zero-order chi connectivity index (χ0) is 22.3. The van der Waals surface area contributed by atoms with Gasteiger partial charge in [-0.1, -0.05) is 67.1 Å². The molecule has 160 valence electrons. The lowest BCUT2D eigenvalue weighted by Gasteiger charge is -2.24. The van der Waals surface area contributed by atoms with Gasteiger partial charge in [-0.25, -0.2) is 13.8 Å². The molecular formula is C24H25N3O3S. The van der Waals surface area contributed by atoms with E-state index in [-0.39, 0.29) is 4.90 Å². The van der Waals surface area contributed by atoms with Crippen molar-refractivity contribution in [1.29, 1.82) is 0 Å². The molecule has 31 heavy (non-hydrogen) atoms. The van der Waals surface area contributed by atoms with Crippen LogP contribution in [0, 0.1) is 6.92 Å². The third-order valence-corrected chi connectivity index (χ3v) is 6.48. The van der Waals surface area contributed by atoms with Gasteiger partial charge in [-0.15, -0.1) is 0 Å². The summed E-state index contributed by atoms with van der Waals surface area (Å²) in [7, 11) is -3.93. The van der Waals surface area contributed by atoms with E-state index in [1.807, 2.05) is 50.2 Å². The molecule has 0 aromatic heterocycles. The number of rotatable bonds is 8. The van der Waals surface area contributed by atoms with Crippen molar-refractivity contribution in [3.05, 3.63) is 95.6 Å². The van der Waals surface area contributed by atoms with E-state index in [2.05, 4.69) is 10.5 Å². The number of sulfonamides is 1. The topological polar surface area (TPSA) is 78.8 Å². The molecule has 0 atom stereocenters. The lowest BCUT2D eigenvalue weighted by Crippen LogP contribution is -2.39. The zero-order valence-electron chi connectivity index (χ0n) is 17.5. The molecule has 0 aliphatic carbocycles. The monoisotopic (exact) mass is 435 g/mol. The molecule has 3 aromatic carbocycles. The van der Waals surface area contributed by atoms with Crippen molar-refractivity contribution in [3.63, 3.8) is 0 Å². The molecule has 0 unspecified atom stereocenters. The van der Waals surface area contributed by atoms with Gasteiger partial charge in [0.15, 0.2) is 0 Å². The van der Waals surface area contributed by atoms with Crippen LogP contribution < -0.4 is 9.73 Å². The molecule has 7 heteroatoms. The molecule has 1 N–H and O–H groups in total. The fourth-order valence-corrected chi connectivity index (χ4v) is 4.47. The van der Waals surface area contributed by atoms with Crippen LogP contribution in [0.25, 0.3) is 0 Å². The standard InChI is InChI=1S/C24H25N3O3S/c1-3-20-12-14-22(15-13-20)27(31(29,30)23-10-5-4-6-11-23)18-24(28)26-25-17-21-9-7-8-19(2)16-21/h4-17H,3,18H2,1-2H3,(H,26,28)/b25-17-. The summed E-state index contributed by atoms with van der Waals surface area (Å²) in [5, 5.41) is 3.97. The summed E-state index contributed by atoms with van der Waals surface area (Å²) in [5.74, 6) is -0.539. The van der Waals surface area contributed by atoms with Gasteiger partial charge in [0.05, 0.1) is 16.8 Å². The van der Waals surface area contributed by atoms with Gasteiger partial charge in [-0.05, 0) is 48.7 Å². The van der Waals surface area contributed by atoms with E-state index in [1.54, 1.807) is 30.3 Å². The second-order valence-corrected chi connectivity index (χ2v) is 8.91. The molecule has 0 heterocycles. The number of nitrogens with zero attached hydrogens (tertiary/aromatic N) is 2. The van der Waals surface area contributed by atoms with Crippen LogP contribution in [-0.4, -0.2) is 27.1 Å². The largest absolute Gasteiger partial charge is 0.271 e. The number of nitrogens with one attached hydrogen (secondary N) is 1. The Morgan fingerprint density at radius 3 is 2.35 bits per heavy atom. The minimum atomic E-state index is -3.93. The van der Waals surface area contributed by atoms with Crippen molar-refractivity contribution in [2.75, 3.05) is 10.8 Å². The van der Waals surface area contributed by atoms with Crippen LogP contribution in [0.1, 0.15) is 23.6 Å². The third-order valence-electron chi connectivity index (χ3n) is 4.70. The van der Waals surface area contributed by atoms with Crippen LogP contribution in [-0.2, 0) is 21.2 Å². The van der Waals surface area contributed by atoms with Gasteiger partial charge in [0.2, 0.25) is 0 Å². The Morgan fingerprint density at radius 1 is 1.00 bits per heavy atom. The summed E-state index contributed by atoms with van der Waals surface area (Å²) in [6.45, 7) is 3.59. The van der Waals surface area contributed by atoms with E-state index >= 15 is 0 Å². The molecule has 0 radical (unpaired) electrons. The Kier molecular flexibility index (Phi) is 7.20. The summed E-state index contributed by atoms with van der Waals surface area (Å²) < 4.78 is 27.6. The maximum absolute atomic E-state index is 13.3. The Hall–Kier alpha value is -3.45. The first-order chi connectivity index (χ1) is 14.9. The molecule has 1 amide bonds. The predicted molar refractivity (Wildman–Crippen MR) is 124 cm³/mol. The summed E-state index contributed by atoms with van der Waals surface area (Å²) in [6.07, 6.45) is 2.36. The first kappa shape index (κ1) is 22.2. The Labute approximate surface area is 183 Å². The van der Waals surface area contributed by atoms with E-state index < -0.39 is 22.5 Å². The van der Waals surface area contributed by atoms with Gasteiger partial charge in [0, 0.05) is 0 Å². The lowest BCUT2D eigenvalue weighted by atomic mass is 10.1. The number of hydrazone groups is 1. The minimum Gasteiger partial charge on any atom is -0.271 e. The molecule has 0 saturated heterocycles. The van der Waals surface area contributed by atoms with Crippen LogP contribution in [0.15, 0.2) is 88.9 Å². The Balaban J connectivity index is 1.83. The Morgan fingerprint density at radius 2 is 1.71 bits per heavy atom. The van der Waals surface area contributed by atoms with Crippen molar-refractivity contribution in [3.8, 4) is 0 Å². The van der Waals surface area contributed by atoms with Crippen molar-refractivity contribution in [1.82, 2.24) is 5.43 Å². The first-order valence-electron chi connectivity index (χ1n) is 9.95. The van der Waals surface area contributed by atoms with Crippen LogP contribution >= 0.6 is 0 Å². The Bertz CT molecular complexity index is 1160. The number of hydrogen-bond donors (Lipinski definition) is 1. The maximum atomic E-state index is 13.3. The molecule has 0 fully saturated rings. The number of benzene rings is 3. The lowest BCUT2D eigenvalue weighted by molar-refractivity contribution is -0.119. The molecular weight excluding hydrogens is 410 g/mol. The van der Waals surface area contributed by atoms with Crippen LogP contribution in [0.3, 0.4) is 0 Å². The summed E-state index contributed by atoms with van der Waals surface area (Å²) in [4.78, 5) is 12.7. The normalized spacial score (nSPS) is 11.4. The van der Waals surface area contributed by atoms with Gasteiger partial charge < -0.3 is 0 Å².